The molecule has 0 aliphatic heterocycles. The van der Waals surface area contributed by atoms with Gasteiger partial charge in [-0.25, -0.2) is 0 Å². The molecule has 0 aromatic heterocycles. The van der Waals surface area contributed by atoms with Crippen molar-refractivity contribution >= 4 is 27.5 Å². The van der Waals surface area contributed by atoms with Crippen molar-refractivity contribution < 1.29 is 5.11 Å². The quantitative estimate of drug-likeness (QED) is 0.894. The van der Waals surface area contributed by atoms with Gasteiger partial charge in [-0.05, 0) is 24.1 Å². The van der Waals surface area contributed by atoms with Gasteiger partial charge in [0, 0.05) is 21.5 Å². The highest BCUT2D eigenvalue weighted by atomic mass is 79.9. The van der Waals surface area contributed by atoms with E-state index < -0.39 is 6.10 Å². The third kappa shape index (κ3) is 2.77. The Bertz CT molecular complexity index is 366. The van der Waals surface area contributed by atoms with Crippen LogP contribution in [0.1, 0.15) is 31.9 Å². The van der Waals surface area contributed by atoms with Gasteiger partial charge in [0.1, 0.15) is 0 Å². The molecule has 90 valence electrons. The Morgan fingerprint density at radius 2 is 2.19 bits per heavy atom. The molecule has 0 spiro atoms. The number of hydrogen-bond donors (Lipinski definition) is 2. The van der Waals surface area contributed by atoms with Gasteiger partial charge in [0.15, 0.2) is 0 Å². The summed E-state index contributed by atoms with van der Waals surface area (Å²) >= 11 is 9.45. The molecule has 0 saturated heterocycles. The van der Waals surface area contributed by atoms with Gasteiger partial charge >= 0.3 is 0 Å². The lowest BCUT2D eigenvalue weighted by Crippen LogP contribution is -2.33. The van der Waals surface area contributed by atoms with Crippen molar-refractivity contribution in [2.45, 2.75) is 26.4 Å². The zero-order chi connectivity index (χ0) is 12.3. The third-order valence-corrected chi connectivity index (χ3v) is 4.01. The SMILES string of the molecule is CCC(C)(CN)C(O)c1ccc(Br)cc1Cl. The molecule has 2 atom stereocenters. The van der Waals surface area contributed by atoms with E-state index in [2.05, 4.69) is 15.9 Å². The number of rotatable bonds is 4. The fraction of sp³-hybridized carbons (Fsp3) is 0.500. The monoisotopic (exact) mass is 305 g/mol. The smallest absolute Gasteiger partial charge is 0.0869 e. The van der Waals surface area contributed by atoms with Gasteiger partial charge in [0.05, 0.1) is 6.10 Å². The Morgan fingerprint density at radius 3 is 2.62 bits per heavy atom. The number of halogens is 2. The van der Waals surface area contributed by atoms with Crippen molar-refractivity contribution in [3.63, 3.8) is 0 Å². The Labute approximate surface area is 110 Å². The van der Waals surface area contributed by atoms with E-state index in [1.165, 1.54) is 0 Å². The van der Waals surface area contributed by atoms with Crippen LogP contribution in [0.15, 0.2) is 22.7 Å². The van der Waals surface area contributed by atoms with E-state index in [1.54, 1.807) is 6.07 Å². The van der Waals surface area contributed by atoms with E-state index in [0.29, 0.717) is 11.6 Å². The minimum absolute atomic E-state index is 0.336. The second-order valence-corrected chi connectivity index (χ2v) is 5.60. The van der Waals surface area contributed by atoms with Gasteiger partial charge in [0.2, 0.25) is 0 Å². The van der Waals surface area contributed by atoms with Crippen LogP contribution in [-0.2, 0) is 0 Å². The molecule has 1 aromatic rings. The molecule has 2 unspecified atom stereocenters. The molecule has 0 heterocycles. The van der Waals surface area contributed by atoms with Gasteiger partial charge in [-0.2, -0.15) is 0 Å². The highest BCUT2D eigenvalue weighted by Crippen LogP contribution is 2.39. The number of hydrogen-bond acceptors (Lipinski definition) is 2. The van der Waals surface area contributed by atoms with Crippen LogP contribution in [0.5, 0.6) is 0 Å². The molecule has 0 aliphatic rings. The van der Waals surface area contributed by atoms with E-state index in [0.717, 1.165) is 16.5 Å². The number of aliphatic hydroxyl groups is 1. The van der Waals surface area contributed by atoms with Gasteiger partial charge in [-0.1, -0.05) is 47.4 Å². The molecule has 4 heteroatoms. The first-order chi connectivity index (χ1) is 7.44. The highest BCUT2D eigenvalue weighted by molar-refractivity contribution is 9.10. The summed E-state index contributed by atoms with van der Waals surface area (Å²) < 4.78 is 0.902. The van der Waals surface area contributed by atoms with E-state index in [1.807, 2.05) is 26.0 Å². The minimum atomic E-state index is -0.636. The van der Waals surface area contributed by atoms with Crippen LogP contribution in [0.3, 0.4) is 0 Å². The molecule has 0 fully saturated rings. The number of nitrogens with two attached hydrogens (primary N) is 1. The molecular weight excluding hydrogens is 289 g/mol. The first kappa shape index (κ1) is 14.0. The van der Waals surface area contributed by atoms with Gasteiger partial charge < -0.3 is 10.8 Å². The molecule has 1 rings (SSSR count). The molecule has 0 saturated carbocycles. The zero-order valence-electron chi connectivity index (χ0n) is 9.50. The lowest BCUT2D eigenvalue weighted by atomic mass is 9.78. The Balaban J connectivity index is 3.08. The second-order valence-electron chi connectivity index (χ2n) is 4.28. The van der Waals surface area contributed by atoms with E-state index >= 15 is 0 Å². The van der Waals surface area contributed by atoms with Gasteiger partial charge in [-0.3, -0.25) is 0 Å². The average molecular weight is 307 g/mol. The predicted octanol–water partition coefficient (Wildman–Crippen LogP) is 3.51. The zero-order valence-corrected chi connectivity index (χ0v) is 11.8. The van der Waals surface area contributed by atoms with Gasteiger partial charge in [0.25, 0.3) is 0 Å². The topological polar surface area (TPSA) is 46.2 Å². The second kappa shape index (κ2) is 5.50. The van der Waals surface area contributed by atoms with Crippen LogP contribution in [-0.4, -0.2) is 11.7 Å². The number of benzene rings is 1. The molecule has 1 aromatic carbocycles. The normalized spacial score (nSPS) is 16.9. The van der Waals surface area contributed by atoms with E-state index in [4.69, 9.17) is 17.3 Å². The van der Waals surface area contributed by atoms with Crippen molar-refractivity contribution in [3.05, 3.63) is 33.3 Å². The molecule has 3 N–H and O–H groups in total. The lowest BCUT2D eigenvalue weighted by molar-refractivity contribution is 0.0392. The number of aliphatic hydroxyl groups excluding tert-OH is 1. The fourth-order valence-corrected chi connectivity index (χ4v) is 2.32. The molecule has 0 radical (unpaired) electrons. The maximum Gasteiger partial charge on any atom is 0.0869 e. The largest absolute Gasteiger partial charge is 0.388 e. The molecule has 0 bridgehead atoms. The highest BCUT2D eigenvalue weighted by Gasteiger charge is 2.32. The van der Waals surface area contributed by atoms with Crippen LogP contribution >= 0.6 is 27.5 Å². The maximum atomic E-state index is 10.3. The Kier molecular flexibility index (Phi) is 4.80. The van der Waals surface area contributed by atoms with Gasteiger partial charge in [-0.15, -0.1) is 0 Å². The summed E-state index contributed by atoms with van der Waals surface area (Å²) in [6.07, 6.45) is 0.167. The van der Waals surface area contributed by atoms with Crippen LogP contribution < -0.4 is 5.73 Å². The molecule has 0 aliphatic carbocycles. The van der Waals surface area contributed by atoms with Crippen LogP contribution in [0.25, 0.3) is 0 Å². The summed E-state index contributed by atoms with van der Waals surface area (Å²) in [6.45, 7) is 4.41. The van der Waals surface area contributed by atoms with E-state index in [-0.39, 0.29) is 5.41 Å². The summed E-state index contributed by atoms with van der Waals surface area (Å²) in [5.74, 6) is 0. The first-order valence-corrected chi connectivity index (χ1v) is 6.44. The van der Waals surface area contributed by atoms with Crippen molar-refractivity contribution in [3.8, 4) is 0 Å². The summed E-state index contributed by atoms with van der Waals surface area (Å²) in [6, 6.07) is 5.49. The van der Waals surface area contributed by atoms with Crippen LogP contribution in [0.2, 0.25) is 5.02 Å². The van der Waals surface area contributed by atoms with Crippen molar-refractivity contribution in [1.82, 2.24) is 0 Å². The Hall–Kier alpha value is -0.0900. The van der Waals surface area contributed by atoms with Crippen LogP contribution in [0.4, 0.5) is 0 Å². The van der Waals surface area contributed by atoms with Crippen LogP contribution in [0, 0.1) is 5.41 Å². The third-order valence-electron chi connectivity index (χ3n) is 3.19. The standard InChI is InChI=1S/C12H17BrClNO/c1-3-12(2,7-15)11(16)9-5-4-8(13)6-10(9)14/h4-6,11,16H,3,7,15H2,1-2H3. The fourth-order valence-electron chi connectivity index (χ4n) is 1.55. The predicted molar refractivity (Wildman–Crippen MR) is 71.6 cm³/mol. The summed E-state index contributed by atoms with van der Waals surface area (Å²) in [4.78, 5) is 0. The summed E-state index contributed by atoms with van der Waals surface area (Å²) in [5, 5.41) is 10.9. The van der Waals surface area contributed by atoms with Crippen molar-refractivity contribution in [1.29, 1.82) is 0 Å². The van der Waals surface area contributed by atoms with E-state index in [9.17, 15) is 5.11 Å². The summed E-state index contributed by atoms with van der Waals surface area (Å²) in [5.41, 5.74) is 6.12. The molecular formula is C12H17BrClNO. The van der Waals surface area contributed by atoms with Crippen molar-refractivity contribution in [2.24, 2.45) is 11.1 Å². The molecule has 2 nitrogen and oxygen atoms in total. The average Bonchev–Trinajstić information content (AvgIpc) is 2.27. The van der Waals surface area contributed by atoms with Crippen molar-refractivity contribution in [2.75, 3.05) is 6.54 Å². The first-order valence-electron chi connectivity index (χ1n) is 5.27. The minimum Gasteiger partial charge on any atom is -0.388 e. The maximum absolute atomic E-state index is 10.3. The molecule has 0 amide bonds. The summed E-state index contributed by atoms with van der Waals surface area (Å²) in [7, 11) is 0. The molecule has 16 heavy (non-hydrogen) atoms. The lowest BCUT2D eigenvalue weighted by Gasteiger charge is -2.33. The Morgan fingerprint density at radius 1 is 1.56 bits per heavy atom.